The number of oxazole rings is 1. The van der Waals surface area contributed by atoms with Gasteiger partial charge in [0.2, 0.25) is 26.6 Å². The lowest BCUT2D eigenvalue weighted by Gasteiger charge is -2.07. The molecule has 0 aliphatic rings. The molecule has 34 heavy (non-hydrogen) atoms. The van der Waals surface area contributed by atoms with Gasteiger partial charge in [-0.15, -0.1) is 0 Å². The number of sulfone groups is 1. The molecular formula is C25H23ClN2O5S. The molecule has 0 fully saturated rings. The van der Waals surface area contributed by atoms with Crippen LogP contribution in [-0.2, 0) is 16.3 Å². The molecule has 0 spiro atoms. The molecule has 0 bridgehead atoms. The molecule has 4 rings (SSSR count). The van der Waals surface area contributed by atoms with Gasteiger partial charge in [-0.25, -0.2) is 8.42 Å². The normalized spacial score (nSPS) is 11.3. The highest BCUT2D eigenvalue weighted by Crippen LogP contribution is 2.33. The Morgan fingerprint density at radius 1 is 0.882 bits per heavy atom. The number of hydrogen-bond acceptors (Lipinski definition) is 7. The molecule has 9 heteroatoms. The highest BCUT2D eigenvalue weighted by molar-refractivity contribution is 7.91. The number of nitrogens with one attached hydrogen (secondary N) is 1. The van der Waals surface area contributed by atoms with Crippen molar-refractivity contribution in [2.24, 2.45) is 0 Å². The maximum atomic E-state index is 13.4. The molecule has 176 valence electrons. The molecule has 7 nitrogen and oxygen atoms in total. The SMILES string of the molecule is COc1ccc(CCNc2oc(-c3ccc(OC)cc3)nc2S(=O)(=O)c2ccc(Cl)cc2)cc1. The van der Waals surface area contributed by atoms with E-state index in [-0.39, 0.29) is 21.7 Å². The highest BCUT2D eigenvalue weighted by atomic mass is 35.5. The molecule has 0 radical (unpaired) electrons. The maximum absolute atomic E-state index is 13.4. The van der Waals surface area contributed by atoms with E-state index in [1.807, 2.05) is 24.3 Å². The van der Waals surface area contributed by atoms with Crippen LogP contribution in [0.15, 0.2) is 87.1 Å². The van der Waals surface area contributed by atoms with E-state index >= 15 is 0 Å². The van der Waals surface area contributed by atoms with Crippen LogP contribution < -0.4 is 14.8 Å². The fourth-order valence-corrected chi connectivity index (χ4v) is 4.70. The van der Waals surface area contributed by atoms with Gasteiger partial charge >= 0.3 is 0 Å². The molecule has 4 aromatic rings. The number of aromatic nitrogens is 1. The average molecular weight is 499 g/mol. The van der Waals surface area contributed by atoms with E-state index in [0.717, 1.165) is 11.3 Å². The highest BCUT2D eigenvalue weighted by Gasteiger charge is 2.28. The van der Waals surface area contributed by atoms with Gasteiger partial charge in [0.25, 0.3) is 0 Å². The van der Waals surface area contributed by atoms with Crippen LogP contribution in [0.5, 0.6) is 11.5 Å². The molecule has 0 saturated carbocycles. The summed E-state index contributed by atoms with van der Waals surface area (Å²) in [6.45, 7) is 0.437. The third-order valence-electron chi connectivity index (χ3n) is 5.17. The zero-order valence-electron chi connectivity index (χ0n) is 18.6. The Morgan fingerprint density at radius 3 is 2.06 bits per heavy atom. The molecule has 0 amide bonds. The van der Waals surface area contributed by atoms with Crippen molar-refractivity contribution in [2.45, 2.75) is 16.3 Å². The van der Waals surface area contributed by atoms with E-state index in [1.165, 1.54) is 24.3 Å². The lowest BCUT2D eigenvalue weighted by atomic mass is 10.1. The number of hydrogen-bond donors (Lipinski definition) is 1. The number of methoxy groups -OCH3 is 2. The smallest absolute Gasteiger partial charge is 0.233 e. The van der Waals surface area contributed by atoms with Gasteiger partial charge in [-0.1, -0.05) is 23.7 Å². The molecule has 0 aliphatic carbocycles. The molecule has 1 N–H and O–H groups in total. The van der Waals surface area contributed by atoms with Crippen LogP contribution in [0.1, 0.15) is 5.56 Å². The van der Waals surface area contributed by atoms with Crippen molar-refractivity contribution in [3.05, 3.63) is 83.4 Å². The average Bonchev–Trinajstić information content (AvgIpc) is 3.30. The van der Waals surface area contributed by atoms with Crippen molar-refractivity contribution in [3.8, 4) is 23.0 Å². The molecule has 1 aromatic heterocycles. The van der Waals surface area contributed by atoms with E-state index in [0.29, 0.717) is 29.3 Å². The van der Waals surface area contributed by atoms with Gasteiger partial charge < -0.3 is 19.2 Å². The number of rotatable bonds is 9. The molecule has 3 aromatic carbocycles. The first kappa shape index (κ1) is 23.7. The summed E-state index contributed by atoms with van der Waals surface area (Å²) in [5.74, 6) is 1.70. The third-order valence-corrected chi connectivity index (χ3v) is 7.10. The summed E-state index contributed by atoms with van der Waals surface area (Å²) in [4.78, 5) is 4.42. The van der Waals surface area contributed by atoms with Crippen LogP contribution in [0.2, 0.25) is 5.02 Å². The molecule has 0 atom stereocenters. The first-order valence-electron chi connectivity index (χ1n) is 10.4. The van der Waals surface area contributed by atoms with Crippen molar-refractivity contribution >= 4 is 27.3 Å². The van der Waals surface area contributed by atoms with E-state index in [2.05, 4.69) is 10.3 Å². The Hall–Kier alpha value is -3.49. The standard InChI is InChI=1S/C25H23ClN2O5S/c1-31-20-9-3-17(4-10-20)15-16-27-24-25(34(29,30)22-13-7-19(26)8-14-22)28-23(33-24)18-5-11-21(32-2)12-6-18/h3-14,27H,15-16H2,1-2H3. The van der Waals surface area contributed by atoms with Gasteiger partial charge in [-0.3, -0.25) is 0 Å². The van der Waals surface area contributed by atoms with E-state index in [1.54, 1.807) is 38.5 Å². The van der Waals surface area contributed by atoms with Gasteiger partial charge in [-0.05, 0) is 72.6 Å². The Morgan fingerprint density at radius 2 is 1.47 bits per heavy atom. The fourth-order valence-electron chi connectivity index (χ4n) is 3.29. The third kappa shape index (κ3) is 5.18. The van der Waals surface area contributed by atoms with E-state index in [4.69, 9.17) is 25.5 Å². The molecule has 1 heterocycles. The second-order valence-electron chi connectivity index (χ2n) is 7.36. The van der Waals surface area contributed by atoms with E-state index in [9.17, 15) is 8.42 Å². The monoisotopic (exact) mass is 498 g/mol. The largest absolute Gasteiger partial charge is 0.497 e. The lowest BCUT2D eigenvalue weighted by molar-refractivity contribution is 0.414. The minimum absolute atomic E-state index is 0.0738. The summed E-state index contributed by atoms with van der Waals surface area (Å²) in [5, 5.41) is 3.36. The zero-order chi connectivity index (χ0) is 24.1. The van der Waals surface area contributed by atoms with Crippen LogP contribution in [0.4, 0.5) is 5.88 Å². The van der Waals surface area contributed by atoms with Crippen LogP contribution in [0.3, 0.4) is 0 Å². The molecular weight excluding hydrogens is 476 g/mol. The Bertz CT molecular complexity index is 1350. The van der Waals surface area contributed by atoms with Crippen molar-refractivity contribution < 1.29 is 22.3 Å². The first-order valence-corrected chi connectivity index (χ1v) is 12.3. The van der Waals surface area contributed by atoms with Gasteiger partial charge in [0.1, 0.15) is 11.5 Å². The molecule has 0 unspecified atom stereocenters. The van der Waals surface area contributed by atoms with Gasteiger partial charge in [0.05, 0.1) is 19.1 Å². The summed E-state index contributed by atoms with van der Waals surface area (Å²) in [6.07, 6.45) is 0.642. The summed E-state index contributed by atoms with van der Waals surface area (Å²) in [6, 6.07) is 20.6. The topological polar surface area (TPSA) is 90.7 Å². The van der Waals surface area contributed by atoms with Crippen molar-refractivity contribution in [3.63, 3.8) is 0 Å². The Kier molecular flexibility index (Phi) is 7.09. The number of ether oxygens (including phenoxy) is 2. The first-order chi connectivity index (χ1) is 16.4. The zero-order valence-corrected chi connectivity index (χ0v) is 20.2. The number of benzene rings is 3. The Balaban J connectivity index is 1.64. The van der Waals surface area contributed by atoms with Crippen LogP contribution in [0, 0.1) is 0 Å². The fraction of sp³-hybridized carbons (Fsp3) is 0.160. The van der Waals surface area contributed by atoms with Gasteiger partial charge in [0, 0.05) is 17.1 Å². The van der Waals surface area contributed by atoms with Crippen molar-refractivity contribution in [2.75, 3.05) is 26.1 Å². The maximum Gasteiger partial charge on any atom is 0.233 e. The summed E-state index contributed by atoms with van der Waals surface area (Å²) in [7, 11) is -0.772. The van der Waals surface area contributed by atoms with Crippen molar-refractivity contribution in [1.82, 2.24) is 4.98 Å². The van der Waals surface area contributed by atoms with Gasteiger partial charge in [0.15, 0.2) is 0 Å². The molecule has 0 saturated heterocycles. The second kappa shape index (κ2) is 10.2. The number of nitrogens with zero attached hydrogens (tertiary/aromatic N) is 1. The second-order valence-corrected chi connectivity index (χ2v) is 9.67. The van der Waals surface area contributed by atoms with E-state index < -0.39 is 9.84 Å². The quantitative estimate of drug-likeness (QED) is 0.326. The van der Waals surface area contributed by atoms with Gasteiger partial charge in [-0.2, -0.15) is 4.98 Å². The van der Waals surface area contributed by atoms with Crippen molar-refractivity contribution in [1.29, 1.82) is 0 Å². The van der Waals surface area contributed by atoms with Crippen LogP contribution >= 0.6 is 11.6 Å². The van der Waals surface area contributed by atoms with Crippen LogP contribution in [-0.4, -0.2) is 34.2 Å². The minimum Gasteiger partial charge on any atom is -0.497 e. The summed E-state index contributed by atoms with van der Waals surface area (Å²) < 4.78 is 43.0. The molecule has 0 aliphatic heterocycles. The predicted molar refractivity (Wildman–Crippen MR) is 131 cm³/mol. The predicted octanol–water partition coefficient (Wildman–Crippen LogP) is 5.50. The van der Waals surface area contributed by atoms with Crippen LogP contribution in [0.25, 0.3) is 11.5 Å². The minimum atomic E-state index is -3.96. The number of anilines is 1. The summed E-state index contributed by atoms with van der Waals surface area (Å²) >= 11 is 5.93. The Labute approximate surface area is 203 Å². The lowest BCUT2D eigenvalue weighted by Crippen LogP contribution is -2.09. The summed E-state index contributed by atoms with van der Waals surface area (Å²) in [5.41, 5.74) is 1.68. The number of halogens is 1.